The Kier molecular flexibility index (Phi) is 4.20. The number of halogens is 3. The number of hydrogen-bond acceptors (Lipinski definition) is 4. The van der Waals surface area contributed by atoms with E-state index in [1.165, 1.54) is 19.2 Å². The first-order valence-electron chi connectivity index (χ1n) is 5.58. The predicted molar refractivity (Wildman–Crippen MR) is 77.6 cm³/mol. The smallest absolute Gasteiger partial charge is 0.356 e. The molecule has 0 unspecified atom stereocenters. The van der Waals surface area contributed by atoms with Gasteiger partial charge in [0.2, 0.25) is 0 Å². The Labute approximate surface area is 129 Å². The zero-order valence-electron chi connectivity index (χ0n) is 10.7. The molecule has 2 rings (SSSR count). The highest BCUT2D eigenvalue weighted by Crippen LogP contribution is 2.38. The van der Waals surface area contributed by atoms with Crippen LogP contribution in [0.1, 0.15) is 10.5 Å². The number of aromatic nitrogens is 1. The number of rotatable bonds is 3. The van der Waals surface area contributed by atoms with Crippen LogP contribution in [0.2, 0.25) is 10.0 Å². The molecule has 5 nitrogen and oxygen atoms in total. The zero-order valence-corrected chi connectivity index (χ0v) is 12.2. The monoisotopic (exact) mass is 330 g/mol. The first-order valence-corrected chi connectivity index (χ1v) is 6.34. The van der Waals surface area contributed by atoms with Gasteiger partial charge in [0.25, 0.3) is 0 Å². The predicted octanol–water partition coefficient (Wildman–Crippen LogP) is 3.48. The van der Waals surface area contributed by atoms with Crippen LogP contribution < -0.4 is 10.5 Å². The summed E-state index contributed by atoms with van der Waals surface area (Å²) in [6.07, 6.45) is 0. The number of nitrogens with zero attached hydrogens (tertiary/aromatic N) is 1. The van der Waals surface area contributed by atoms with Crippen LogP contribution in [0.3, 0.4) is 0 Å². The summed E-state index contributed by atoms with van der Waals surface area (Å²) in [5, 5.41) is 8.85. The van der Waals surface area contributed by atoms with E-state index in [1.807, 2.05) is 0 Å². The Balaban J connectivity index is 2.71. The van der Waals surface area contributed by atoms with E-state index in [0.29, 0.717) is 0 Å². The van der Waals surface area contributed by atoms with Gasteiger partial charge in [0, 0.05) is 5.56 Å². The molecular formula is C13H9Cl2FN2O3. The molecule has 8 heteroatoms. The minimum Gasteiger partial charge on any atom is -0.492 e. The van der Waals surface area contributed by atoms with E-state index in [4.69, 9.17) is 38.8 Å². The third-order valence-corrected chi connectivity index (χ3v) is 3.49. The molecule has 0 aliphatic carbocycles. The number of benzene rings is 1. The fourth-order valence-corrected chi connectivity index (χ4v) is 2.25. The van der Waals surface area contributed by atoms with Crippen LogP contribution in [-0.2, 0) is 0 Å². The summed E-state index contributed by atoms with van der Waals surface area (Å²) in [6.45, 7) is 0. The van der Waals surface area contributed by atoms with Gasteiger partial charge in [-0.3, -0.25) is 0 Å². The molecule has 0 aliphatic heterocycles. The molecule has 0 aliphatic rings. The molecule has 0 atom stereocenters. The van der Waals surface area contributed by atoms with Crippen molar-refractivity contribution < 1.29 is 19.0 Å². The maximum atomic E-state index is 13.5. The van der Waals surface area contributed by atoms with E-state index in [-0.39, 0.29) is 32.7 Å². The average molecular weight is 331 g/mol. The molecule has 21 heavy (non-hydrogen) atoms. The van der Waals surface area contributed by atoms with Gasteiger partial charge in [0.15, 0.2) is 17.3 Å². The van der Waals surface area contributed by atoms with Crippen molar-refractivity contribution in [2.75, 3.05) is 12.8 Å². The lowest BCUT2D eigenvalue weighted by molar-refractivity contribution is 0.0691. The lowest BCUT2D eigenvalue weighted by atomic mass is 10.1. The number of nitrogen functional groups attached to an aromatic ring is 1. The summed E-state index contributed by atoms with van der Waals surface area (Å²) in [4.78, 5) is 15.0. The van der Waals surface area contributed by atoms with Gasteiger partial charge >= 0.3 is 5.97 Å². The van der Waals surface area contributed by atoms with E-state index in [9.17, 15) is 9.18 Å². The number of pyridine rings is 1. The Morgan fingerprint density at radius 1 is 1.38 bits per heavy atom. The van der Waals surface area contributed by atoms with Gasteiger partial charge in [-0.25, -0.2) is 14.2 Å². The van der Waals surface area contributed by atoms with Crippen molar-refractivity contribution in [3.05, 3.63) is 39.8 Å². The third-order valence-electron chi connectivity index (χ3n) is 2.72. The maximum absolute atomic E-state index is 13.5. The van der Waals surface area contributed by atoms with Gasteiger partial charge < -0.3 is 15.6 Å². The van der Waals surface area contributed by atoms with Gasteiger partial charge in [-0.15, -0.1) is 0 Å². The number of carboxylic acids is 1. The van der Waals surface area contributed by atoms with E-state index in [2.05, 4.69) is 4.98 Å². The largest absolute Gasteiger partial charge is 0.492 e. The summed E-state index contributed by atoms with van der Waals surface area (Å²) >= 11 is 11.8. The molecule has 3 N–H and O–H groups in total. The fourth-order valence-electron chi connectivity index (χ4n) is 1.75. The molecule has 1 aromatic carbocycles. The Morgan fingerprint density at radius 3 is 2.62 bits per heavy atom. The van der Waals surface area contributed by atoms with Gasteiger partial charge in [0.1, 0.15) is 0 Å². The second kappa shape index (κ2) is 5.75. The summed E-state index contributed by atoms with van der Waals surface area (Å²) in [6, 6.07) is 3.84. The molecule has 110 valence electrons. The van der Waals surface area contributed by atoms with Crippen molar-refractivity contribution in [2.24, 2.45) is 0 Å². The number of nitrogens with two attached hydrogens (primary N) is 1. The Bertz CT molecular complexity index is 738. The topological polar surface area (TPSA) is 85.4 Å². The second-order valence-corrected chi connectivity index (χ2v) is 4.76. The average Bonchev–Trinajstić information content (AvgIpc) is 2.42. The standard InChI is InChI=1S/C13H9Cl2FN2O3/c1-21-12-6(16)3-2-5(9(12)14)8-4-7(17)10(15)11(18-8)13(19)20/h2-4H,1H3,(H2,17,18)(H,19,20). The first-order chi connectivity index (χ1) is 9.86. The van der Waals surface area contributed by atoms with Crippen LogP contribution in [0.4, 0.5) is 10.1 Å². The maximum Gasteiger partial charge on any atom is 0.356 e. The van der Waals surface area contributed by atoms with Crippen LogP contribution in [-0.4, -0.2) is 23.2 Å². The molecule has 2 aromatic rings. The summed E-state index contributed by atoms with van der Waals surface area (Å²) in [7, 11) is 1.26. The van der Waals surface area contributed by atoms with Gasteiger partial charge in [-0.05, 0) is 18.2 Å². The Morgan fingerprint density at radius 2 is 2.05 bits per heavy atom. The molecule has 0 fully saturated rings. The quantitative estimate of drug-likeness (QED) is 0.899. The molecule has 0 radical (unpaired) electrons. The minimum absolute atomic E-state index is 0.0263. The minimum atomic E-state index is -1.33. The zero-order chi connectivity index (χ0) is 15.7. The van der Waals surface area contributed by atoms with Crippen molar-refractivity contribution in [1.82, 2.24) is 4.98 Å². The van der Waals surface area contributed by atoms with Gasteiger partial charge in [-0.1, -0.05) is 23.2 Å². The normalized spacial score (nSPS) is 10.5. The number of hydrogen-bond donors (Lipinski definition) is 2. The van der Waals surface area contributed by atoms with E-state index in [1.54, 1.807) is 0 Å². The number of anilines is 1. The van der Waals surface area contributed by atoms with Gasteiger partial charge in [-0.2, -0.15) is 0 Å². The van der Waals surface area contributed by atoms with Crippen LogP contribution >= 0.6 is 23.2 Å². The lowest BCUT2D eigenvalue weighted by Gasteiger charge is -2.11. The van der Waals surface area contributed by atoms with E-state index in [0.717, 1.165) is 6.07 Å². The number of carbonyl (C=O) groups is 1. The lowest BCUT2D eigenvalue weighted by Crippen LogP contribution is -2.05. The highest BCUT2D eigenvalue weighted by Gasteiger charge is 2.19. The molecule has 1 heterocycles. The van der Waals surface area contributed by atoms with Crippen molar-refractivity contribution >= 4 is 34.9 Å². The fraction of sp³-hybridized carbons (Fsp3) is 0.0769. The summed E-state index contributed by atoms with van der Waals surface area (Å²) in [5.74, 6) is -2.15. The van der Waals surface area contributed by atoms with Gasteiger partial charge in [0.05, 0.1) is 28.5 Å². The number of carboxylic acid groups (broad SMARTS) is 1. The van der Waals surface area contributed by atoms with Crippen LogP contribution in [0, 0.1) is 5.82 Å². The SMILES string of the molecule is COc1c(F)ccc(-c2cc(N)c(Cl)c(C(=O)O)n2)c1Cl. The van der Waals surface area contributed by atoms with Crippen LogP contribution in [0.5, 0.6) is 5.75 Å². The van der Waals surface area contributed by atoms with Crippen LogP contribution in [0.15, 0.2) is 18.2 Å². The van der Waals surface area contributed by atoms with Crippen LogP contribution in [0.25, 0.3) is 11.3 Å². The van der Waals surface area contributed by atoms with Crippen molar-refractivity contribution in [3.63, 3.8) is 0 Å². The Hall–Kier alpha value is -2.05. The highest BCUT2D eigenvalue weighted by atomic mass is 35.5. The van der Waals surface area contributed by atoms with Crippen molar-refractivity contribution in [1.29, 1.82) is 0 Å². The van der Waals surface area contributed by atoms with E-state index < -0.39 is 17.5 Å². The summed E-state index contributed by atoms with van der Waals surface area (Å²) < 4.78 is 18.4. The number of methoxy groups -OCH3 is 1. The van der Waals surface area contributed by atoms with Crippen molar-refractivity contribution in [2.45, 2.75) is 0 Å². The van der Waals surface area contributed by atoms with E-state index >= 15 is 0 Å². The summed E-state index contributed by atoms with van der Waals surface area (Å²) in [5.41, 5.74) is 5.71. The molecule has 0 saturated carbocycles. The third kappa shape index (κ3) is 2.72. The first kappa shape index (κ1) is 15.3. The molecule has 1 aromatic heterocycles. The molecule has 0 amide bonds. The van der Waals surface area contributed by atoms with Crippen molar-refractivity contribution in [3.8, 4) is 17.0 Å². The number of ether oxygens (including phenoxy) is 1. The molecule has 0 bridgehead atoms. The number of aromatic carboxylic acids is 1. The second-order valence-electron chi connectivity index (χ2n) is 4.01. The molecular weight excluding hydrogens is 322 g/mol. The highest BCUT2D eigenvalue weighted by molar-refractivity contribution is 6.36. The molecule has 0 saturated heterocycles. The molecule has 0 spiro atoms.